The highest BCUT2D eigenvalue weighted by Gasteiger charge is 1.96. The van der Waals surface area contributed by atoms with Gasteiger partial charge in [0.2, 0.25) is 0 Å². The highest BCUT2D eigenvalue weighted by Crippen LogP contribution is 1.85. The van der Waals surface area contributed by atoms with Crippen LogP contribution in [-0.2, 0) is 14.3 Å². The van der Waals surface area contributed by atoms with E-state index < -0.39 is 12.3 Å². The number of carbonyl (C=O) groups excluding carboxylic acids is 1. The number of ether oxygens (including phenoxy) is 2. The first-order valence-electron chi connectivity index (χ1n) is 2.75. The normalized spacial score (nSPS) is 12.2. The Hall–Kier alpha value is -0.870. The van der Waals surface area contributed by atoms with E-state index in [-0.39, 0.29) is 6.79 Å². The molecule has 1 N–H and O–H groups in total. The maximum Gasteiger partial charge on any atom is 0.332 e. The fourth-order valence-electron chi connectivity index (χ4n) is 0.249. The maximum absolute atomic E-state index is 10.3. The number of esters is 1. The van der Waals surface area contributed by atoms with Gasteiger partial charge in [-0.25, -0.2) is 4.79 Å². The Morgan fingerprint density at radius 3 is 2.90 bits per heavy atom. The predicted octanol–water partition coefficient (Wildman–Crippen LogP) is 0.0280. The Balaban J connectivity index is 3.19. The Labute approximate surface area is 59.1 Å². The summed E-state index contributed by atoms with van der Waals surface area (Å²) in [6, 6.07) is 0. The lowest BCUT2D eigenvalue weighted by Crippen LogP contribution is -2.12. The molecule has 0 saturated carbocycles. The topological polar surface area (TPSA) is 55.8 Å². The highest BCUT2D eigenvalue weighted by atomic mass is 16.7. The van der Waals surface area contributed by atoms with Gasteiger partial charge in [0.25, 0.3) is 0 Å². The van der Waals surface area contributed by atoms with Crippen molar-refractivity contribution in [1.29, 1.82) is 0 Å². The predicted molar refractivity (Wildman–Crippen MR) is 33.9 cm³/mol. The Kier molecular flexibility index (Phi) is 4.53. The molecule has 0 aromatic rings. The van der Waals surface area contributed by atoms with Gasteiger partial charge in [-0.2, -0.15) is 0 Å². The number of carbonyl (C=O) groups is 1. The van der Waals surface area contributed by atoms with Gasteiger partial charge < -0.3 is 14.6 Å². The largest absolute Gasteiger partial charge is 0.435 e. The molecule has 0 spiro atoms. The highest BCUT2D eigenvalue weighted by molar-refractivity contribution is 5.81. The second kappa shape index (κ2) is 4.96. The van der Waals surface area contributed by atoms with Gasteiger partial charge in [0.1, 0.15) is 0 Å². The summed E-state index contributed by atoms with van der Waals surface area (Å²) in [6.07, 6.45) is 0.100. The van der Waals surface area contributed by atoms with Crippen LogP contribution in [0.25, 0.3) is 0 Å². The minimum absolute atomic E-state index is 0.248. The van der Waals surface area contributed by atoms with Crippen molar-refractivity contribution in [2.24, 2.45) is 0 Å². The second-order valence-corrected chi connectivity index (χ2v) is 1.55. The van der Waals surface area contributed by atoms with Crippen molar-refractivity contribution in [3.63, 3.8) is 0 Å². The molecule has 0 saturated heterocycles. The van der Waals surface area contributed by atoms with Crippen LogP contribution in [0.2, 0.25) is 0 Å². The van der Waals surface area contributed by atoms with Crippen LogP contribution in [0.5, 0.6) is 0 Å². The van der Waals surface area contributed by atoms with Crippen LogP contribution in [-0.4, -0.2) is 24.2 Å². The van der Waals surface area contributed by atoms with E-state index in [0.717, 1.165) is 6.08 Å². The molecule has 0 heterocycles. The molecule has 0 aromatic carbocycles. The molecule has 0 bridgehead atoms. The summed E-state index contributed by atoms with van der Waals surface area (Å²) in [5.74, 6) is -0.569. The van der Waals surface area contributed by atoms with Crippen molar-refractivity contribution in [3.05, 3.63) is 12.7 Å². The van der Waals surface area contributed by atoms with Gasteiger partial charge in [0, 0.05) is 6.08 Å². The van der Waals surface area contributed by atoms with Crippen LogP contribution in [0.4, 0.5) is 0 Å². The molecule has 10 heavy (non-hydrogen) atoms. The Morgan fingerprint density at radius 1 is 1.90 bits per heavy atom. The third-order valence-corrected chi connectivity index (χ3v) is 0.677. The van der Waals surface area contributed by atoms with Crippen molar-refractivity contribution in [3.8, 4) is 0 Å². The fourth-order valence-corrected chi connectivity index (χ4v) is 0.249. The van der Waals surface area contributed by atoms with Crippen molar-refractivity contribution in [2.75, 3.05) is 6.79 Å². The molecule has 58 valence electrons. The second-order valence-electron chi connectivity index (χ2n) is 1.55. The van der Waals surface area contributed by atoms with Gasteiger partial charge in [-0.3, -0.25) is 0 Å². The van der Waals surface area contributed by atoms with Crippen molar-refractivity contribution in [1.82, 2.24) is 0 Å². The molecule has 4 nitrogen and oxygen atoms in total. The van der Waals surface area contributed by atoms with Crippen LogP contribution >= 0.6 is 0 Å². The molecule has 0 aromatic heterocycles. The van der Waals surface area contributed by atoms with E-state index in [9.17, 15) is 4.79 Å². The molecule has 0 radical (unpaired) electrons. The SMILES string of the molecule is C=CC(=O)OCOC(C)O. The molecule has 4 heteroatoms. The quantitative estimate of drug-likeness (QED) is 0.345. The zero-order valence-electron chi connectivity index (χ0n) is 5.74. The molecule has 0 aliphatic carbocycles. The number of aliphatic hydroxyl groups excluding tert-OH is 1. The van der Waals surface area contributed by atoms with E-state index in [1.165, 1.54) is 6.92 Å². The maximum atomic E-state index is 10.3. The monoisotopic (exact) mass is 146 g/mol. The van der Waals surface area contributed by atoms with Crippen molar-refractivity contribution in [2.45, 2.75) is 13.2 Å². The van der Waals surface area contributed by atoms with Crippen LogP contribution in [0.15, 0.2) is 12.7 Å². The van der Waals surface area contributed by atoms with Crippen molar-refractivity contribution < 1.29 is 19.4 Å². The summed E-state index contributed by atoms with van der Waals surface area (Å²) < 4.78 is 8.84. The average molecular weight is 146 g/mol. The smallest absolute Gasteiger partial charge is 0.332 e. The summed E-state index contributed by atoms with van der Waals surface area (Å²) in [4.78, 5) is 10.3. The van der Waals surface area contributed by atoms with E-state index >= 15 is 0 Å². The van der Waals surface area contributed by atoms with E-state index in [2.05, 4.69) is 16.1 Å². The third-order valence-electron chi connectivity index (χ3n) is 0.677. The first kappa shape index (κ1) is 9.13. The molecule has 0 fully saturated rings. The fraction of sp³-hybridized carbons (Fsp3) is 0.500. The number of hydrogen-bond donors (Lipinski definition) is 1. The molecule has 1 unspecified atom stereocenters. The van der Waals surface area contributed by atoms with E-state index in [1.54, 1.807) is 0 Å². The van der Waals surface area contributed by atoms with Crippen LogP contribution in [0.1, 0.15) is 6.92 Å². The van der Waals surface area contributed by atoms with Crippen LogP contribution < -0.4 is 0 Å². The van der Waals surface area contributed by atoms with Gasteiger partial charge in [0.05, 0.1) is 0 Å². The van der Waals surface area contributed by atoms with Crippen LogP contribution in [0.3, 0.4) is 0 Å². The van der Waals surface area contributed by atoms with Crippen LogP contribution in [0, 0.1) is 0 Å². The summed E-state index contributed by atoms with van der Waals surface area (Å²) in [6.45, 7) is 4.34. The lowest BCUT2D eigenvalue weighted by atomic mass is 10.7. The van der Waals surface area contributed by atoms with Gasteiger partial charge in [-0.1, -0.05) is 6.58 Å². The molecule has 0 rings (SSSR count). The Morgan fingerprint density at radius 2 is 2.50 bits per heavy atom. The summed E-state index contributed by atoms with van der Waals surface area (Å²) >= 11 is 0. The minimum Gasteiger partial charge on any atom is -0.435 e. The van der Waals surface area contributed by atoms with E-state index in [1.807, 2.05) is 0 Å². The molecule has 0 amide bonds. The Bertz CT molecular complexity index is 119. The zero-order valence-corrected chi connectivity index (χ0v) is 5.74. The van der Waals surface area contributed by atoms with E-state index in [4.69, 9.17) is 5.11 Å². The number of rotatable bonds is 4. The number of hydrogen-bond acceptors (Lipinski definition) is 4. The van der Waals surface area contributed by atoms with Gasteiger partial charge >= 0.3 is 5.97 Å². The minimum atomic E-state index is -0.919. The average Bonchev–Trinajstić information content (AvgIpc) is 1.87. The summed E-state index contributed by atoms with van der Waals surface area (Å²) in [5.41, 5.74) is 0. The van der Waals surface area contributed by atoms with Gasteiger partial charge in [0.15, 0.2) is 13.1 Å². The lowest BCUT2D eigenvalue weighted by molar-refractivity contribution is -0.175. The standard InChI is InChI=1S/C6H10O4/c1-3-6(8)10-4-9-5(2)7/h3,5,7H,1,4H2,2H3. The molecular weight excluding hydrogens is 136 g/mol. The molecular formula is C6H10O4. The molecule has 0 aliphatic heterocycles. The summed E-state index contributed by atoms with van der Waals surface area (Å²) in [7, 11) is 0. The number of aliphatic hydroxyl groups is 1. The zero-order chi connectivity index (χ0) is 7.98. The van der Waals surface area contributed by atoms with E-state index in [0.29, 0.717) is 0 Å². The third kappa shape index (κ3) is 5.27. The first-order chi connectivity index (χ1) is 4.66. The molecule has 1 atom stereocenters. The lowest BCUT2D eigenvalue weighted by Gasteiger charge is -2.04. The van der Waals surface area contributed by atoms with Crippen molar-refractivity contribution >= 4 is 5.97 Å². The van der Waals surface area contributed by atoms with Gasteiger partial charge in [-0.15, -0.1) is 0 Å². The van der Waals surface area contributed by atoms with Gasteiger partial charge in [-0.05, 0) is 6.92 Å². The molecule has 0 aliphatic rings. The summed E-state index contributed by atoms with van der Waals surface area (Å²) in [5, 5.41) is 8.50. The first-order valence-corrected chi connectivity index (χ1v) is 2.75.